The number of hydrogen-bond donors (Lipinski definition) is 3. The fourth-order valence-electron chi connectivity index (χ4n) is 0. The minimum atomic E-state index is -3.88. The van der Waals surface area contributed by atoms with Crippen LogP contribution in [-0.4, -0.2) is 42.9 Å². The van der Waals surface area contributed by atoms with Crippen molar-refractivity contribution in [3.63, 3.8) is 0 Å². The maximum absolute atomic E-state index is 9.56. The standard InChI is InChI=1S/ClH.Fe.Na.H3O3S.H/c;;;1-4(2)3;/h1H;;;4H,(H2,1,2,3);/q;+1;;;/p-1. The van der Waals surface area contributed by atoms with Crippen LogP contribution in [0.3, 0.4) is 0 Å². The first kappa shape index (κ1) is 11.6. The zero-order valence-electron chi connectivity index (χ0n) is 2.48. The van der Waals surface area contributed by atoms with Crippen LogP contribution in [0.5, 0.6) is 0 Å². The zero-order chi connectivity index (χ0) is 5.21. The maximum atomic E-state index is 9.56. The van der Waals surface area contributed by atoms with Gasteiger partial charge in [0.15, 0.2) is 0 Å². The molecule has 0 bridgehead atoms. The third-order valence-electron chi connectivity index (χ3n) is 0.0778. The molecular formula is H4ClFeNaO3S. The Morgan fingerprint density at radius 1 is 1.57 bits per heavy atom. The molecule has 0 aliphatic carbocycles. The van der Waals surface area contributed by atoms with Gasteiger partial charge in [0.1, 0.15) is 0 Å². The second-order valence-electron chi connectivity index (χ2n) is 0.518. The van der Waals surface area contributed by atoms with Gasteiger partial charge in [-0.05, 0) is 0 Å². The van der Waals surface area contributed by atoms with E-state index in [1.807, 2.05) is 0 Å². The van der Waals surface area contributed by atoms with Crippen LogP contribution in [-0.2, 0) is 21.8 Å². The van der Waals surface area contributed by atoms with Crippen molar-refractivity contribution in [1.82, 2.24) is 0 Å². The Labute approximate surface area is 74.0 Å². The average Bonchev–Trinajstić information content (AvgIpc) is 1.35. The molecule has 0 saturated carbocycles. The second-order valence-corrected chi connectivity index (χ2v) is 5.52. The van der Waals surface area contributed by atoms with E-state index in [4.69, 9.17) is 19.2 Å². The van der Waals surface area contributed by atoms with Crippen LogP contribution < -0.4 is 0 Å². The fourth-order valence-corrected chi connectivity index (χ4v) is 0. The molecule has 44 valence electrons. The summed E-state index contributed by atoms with van der Waals surface area (Å²) in [5.41, 5.74) is 0. The Hall–Kier alpha value is 1.88. The predicted octanol–water partition coefficient (Wildman–Crippen LogP) is -0.548. The van der Waals surface area contributed by atoms with Crippen molar-refractivity contribution >= 4 is 48.6 Å². The summed E-state index contributed by atoms with van der Waals surface area (Å²) < 4.78 is 25.2. The van der Waals surface area contributed by atoms with E-state index in [0.29, 0.717) is 0 Å². The summed E-state index contributed by atoms with van der Waals surface area (Å²) in [6, 6.07) is 0. The van der Waals surface area contributed by atoms with Gasteiger partial charge in [-0.15, -0.1) is 0 Å². The molecule has 0 atom stereocenters. The van der Waals surface area contributed by atoms with Gasteiger partial charge in [-0.3, -0.25) is 0 Å². The van der Waals surface area contributed by atoms with Crippen LogP contribution in [0.4, 0.5) is 0 Å². The summed E-state index contributed by atoms with van der Waals surface area (Å²) in [6.07, 6.45) is 0. The molecule has 0 spiro atoms. The molecule has 7 heteroatoms. The molecule has 0 aromatic heterocycles. The molecular weight excluding hydrogens is 194 g/mol. The SMILES string of the molecule is O=[SH](O)(O)[Fe][Cl].[NaH]. The molecule has 0 saturated heterocycles. The van der Waals surface area contributed by atoms with Crippen molar-refractivity contribution in [2.75, 3.05) is 0 Å². The third-order valence-corrected chi connectivity index (χ3v) is 2.89. The van der Waals surface area contributed by atoms with Crippen molar-refractivity contribution in [3.8, 4) is 0 Å². The Morgan fingerprint density at radius 2 is 1.71 bits per heavy atom. The topological polar surface area (TPSA) is 57.5 Å². The van der Waals surface area contributed by atoms with Crippen LogP contribution in [0.15, 0.2) is 0 Å². The summed E-state index contributed by atoms with van der Waals surface area (Å²) in [6.45, 7) is 0. The van der Waals surface area contributed by atoms with E-state index in [9.17, 15) is 4.21 Å². The average molecular weight is 198 g/mol. The predicted molar refractivity (Wildman–Crippen MR) is 27.8 cm³/mol. The Morgan fingerprint density at radius 3 is 1.71 bits per heavy atom. The van der Waals surface area contributed by atoms with Gasteiger partial charge in [0, 0.05) is 0 Å². The van der Waals surface area contributed by atoms with E-state index in [1.54, 1.807) is 0 Å². The first-order valence-electron chi connectivity index (χ1n) is 0.874. The summed E-state index contributed by atoms with van der Waals surface area (Å²) in [5.74, 6) is 0. The van der Waals surface area contributed by atoms with Gasteiger partial charge in [-0.1, -0.05) is 0 Å². The molecule has 0 rings (SSSR count). The van der Waals surface area contributed by atoms with Gasteiger partial charge in [-0.25, -0.2) is 0 Å². The van der Waals surface area contributed by atoms with Crippen LogP contribution in [0.1, 0.15) is 0 Å². The number of hydrogen-bond acceptors (Lipinski definition) is 1. The van der Waals surface area contributed by atoms with E-state index in [0.717, 1.165) is 0 Å². The van der Waals surface area contributed by atoms with E-state index in [2.05, 4.69) is 0 Å². The van der Waals surface area contributed by atoms with Crippen LogP contribution in [0.2, 0.25) is 0 Å². The molecule has 0 aromatic rings. The van der Waals surface area contributed by atoms with E-state index >= 15 is 0 Å². The Kier molecular flexibility index (Phi) is 7.87. The molecule has 0 heterocycles. The van der Waals surface area contributed by atoms with Crippen molar-refractivity contribution < 1.29 is 26.2 Å². The van der Waals surface area contributed by atoms with Crippen molar-refractivity contribution in [2.24, 2.45) is 0 Å². The normalized spacial score (nSPS) is 13.0. The molecule has 2 N–H and O–H groups in total. The number of rotatable bonds is 1. The van der Waals surface area contributed by atoms with Crippen molar-refractivity contribution in [3.05, 3.63) is 0 Å². The number of thiol groups is 1. The monoisotopic (exact) mass is 198 g/mol. The zero-order valence-corrected chi connectivity index (χ0v) is 5.24. The third kappa shape index (κ3) is 11.4. The van der Waals surface area contributed by atoms with Crippen LogP contribution >= 0.6 is 10.1 Å². The van der Waals surface area contributed by atoms with Crippen LogP contribution in [0.25, 0.3) is 0 Å². The summed E-state index contributed by atoms with van der Waals surface area (Å²) in [4.78, 5) is 0. The Balaban J connectivity index is 0. The van der Waals surface area contributed by atoms with Gasteiger partial charge >= 0.3 is 74.8 Å². The van der Waals surface area contributed by atoms with Crippen molar-refractivity contribution in [1.29, 1.82) is 0 Å². The van der Waals surface area contributed by atoms with Gasteiger partial charge in [0.25, 0.3) is 0 Å². The molecule has 0 radical (unpaired) electrons. The summed E-state index contributed by atoms with van der Waals surface area (Å²) >= 11 is -0.590. The quantitative estimate of drug-likeness (QED) is 0.391. The van der Waals surface area contributed by atoms with E-state index < -0.39 is 21.8 Å². The minimum absolute atomic E-state index is 0. The molecule has 0 aromatic carbocycles. The van der Waals surface area contributed by atoms with E-state index in [-0.39, 0.29) is 29.6 Å². The second kappa shape index (κ2) is 4.73. The molecule has 3 nitrogen and oxygen atoms in total. The molecule has 7 heavy (non-hydrogen) atoms. The van der Waals surface area contributed by atoms with Gasteiger partial charge in [-0.2, -0.15) is 0 Å². The van der Waals surface area contributed by atoms with E-state index in [1.165, 1.54) is 0 Å². The molecule has 0 unspecified atom stereocenters. The molecule has 0 aliphatic heterocycles. The Bertz CT molecular complexity index is 79.0. The van der Waals surface area contributed by atoms with Gasteiger partial charge in [0.05, 0.1) is 0 Å². The molecule has 0 fully saturated rings. The van der Waals surface area contributed by atoms with Crippen LogP contribution in [0, 0.1) is 0 Å². The molecule has 0 amide bonds. The summed E-state index contributed by atoms with van der Waals surface area (Å²) in [7, 11) is 0.833. The first-order chi connectivity index (χ1) is 2.56. The first-order valence-corrected chi connectivity index (χ1v) is 5.36. The van der Waals surface area contributed by atoms with Gasteiger partial charge < -0.3 is 0 Å². The summed E-state index contributed by atoms with van der Waals surface area (Å²) in [5, 5.41) is 0. The number of halogens is 1. The molecule has 0 aliphatic rings. The van der Waals surface area contributed by atoms with Gasteiger partial charge in [0.2, 0.25) is 0 Å². The van der Waals surface area contributed by atoms with Crippen molar-refractivity contribution in [2.45, 2.75) is 0 Å². The fraction of sp³-hybridized carbons (Fsp3) is 0.